The number of nitrogens with zero attached hydrogens (tertiary/aromatic N) is 1. The van der Waals surface area contributed by atoms with Gasteiger partial charge in [-0.2, -0.15) is 4.31 Å². The molecule has 0 radical (unpaired) electrons. The molecule has 2 saturated heterocycles. The quantitative estimate of drug-likeness (QED) is 0.911. The summed E-state index contributed by atoms with van der Waals surface area (Å²) < 4.78 is 32.2. The van der Waals surface area contributed by atoms with Gasteiger partial charge in [-0.25, -0.2) is 8.42 Å². The summed E-state index contributed by atoms with van der Waals surface area (Å²) in [6, 6.07) is 7.47. The van der Waals surface area contributed by atoms with Gasteiger partial charge in [0.2, 0.25) is 10.0 Å². The van der Waals surface area contributed by atoms with Crippen molar-refractivity contribution in [3.8, 4) is 5.75 Å². The van der Waals surface area contributed by atoms with Crippen LogP contribution < -0.4 is 10.1 Å². The number of methoxy groups -OCH3 is 1. The van der Waals surface area contributed by atoms with E-state index in [0.29, 0.717) is 35.8 Å². The van der Waals surface area contributed by atoms with Gasteiger partial charge in [0.05, 0.1) is 12.0 Å². The van der Waals surface area contributed by atoms with Crippen LogP contribution in [0, 0.1) is 0 Å². The summed E-state index contributed by atoms with van der Waals surface area (Å²) in [6.07, 6.45) is 3.12. The second-order valence-corrected chi connectivity index (χ2v) is 7.41. The molecule has 2 bridgehead atoms. The smallest absolute Gasteiger partial charge is 0.243 e. The number of hydrogen-bond donors (Lipinski definition) is 1. The van der Waals surface area contributed by atoms with Crippen molar-refractivity contribution in [3.05, 3.63) is 24.3 Å². The monoisotopic (exact) mass is 296 g/mol. The minimum atomic E-state index is -3.43. The van der Waals surface area contributed by atoms with Gasteiger partial charge in [-0.15, -0.1) is 0 Å². The topological polar surface area (TPSA) is 58.6 Å². The molecule has 1 aromatic carbocycles. The minimum absolute atomic E-state index is 0.294. The maximum atomic E-state index is 12.7. The first-order valence-corrected chi connectivity index (χ1v) is 8.44. The maximum absolute atomic E-state index is 12.7. The van der Waals surface area contributed by atoms with Crippen molar-refractivity contribution in [2.24, 2.45) is 0 Å². The normalized spacial score (nSPS) is 27.2. The molecule has 0 aliphatic carbocycles. The Morgan fingerprint density at radius 2 is 2.05 bits per heavy atom. The van der Waals surface area contributed by atoms with Gasteiger partial charge in [0.25, 0.3) is 0 Å². The van der Waals surface area contributed by atoms with Crippen LogP contribution >= 0.6 is 0 Å². The van der Waals surface area contributed by atoms with Crippen molar-refractivity contribution in [1.82, 2.24) is 9.62 Å². The lowest BCUT2D eigenvalue weighted by Crippen LogP contribution is -2.39. The Hall–Kier alpha value is -1.11. The van der Waals surface area contributed by atoms with Gasteiger partial charge in [-0.3, -0.25) is 0 Å². The molecule has 3 rings (SSSR count). The van der Waals surface area contributed by atoms with Crippen molar-refractivity contribution in [2.75, 3.05) is 20.2 Å². The third-order valence-corrected chi connectivity index (χ3v) is 6.03. The zero-order chi connectivity index (χ0) is 14.2. The summed E-state index contributed by atoms with van der Waals surface area (Å²) in [7, 11) is -1.88. The average Bonchev–Trinajstić information content (AvgIpc) is 2.77. The maximum Gasteiger partial charge on any atom is 0.243 e. The largest absolute Gasteiger partial charge is 0.497 e. The molecular weight excluding hydrogens is 276 g/mol. The number of fused-ring (bicyclic) bond motifs is 2. The van der Waals surface area contributed by atoms with Crippen LogP contribution in [0.5, 0.6) is 5.75 Å². The van der Waals surface area contributed by atoms with Gasteiger partial charge in [-0.1, -0.05) is 6.07 Å². The van der Waals surface area contributed by atoms with Gasteiger partial charge in [0, 0.05) is 31.2 Å². The third-order valence-electron chi connectivity index (χ3n) is 4.16. The highest BCUT2D eigenvalue weighted by Crippen LogP contribution is 2.26. The van der Waals surface area contributed by atoms with E-state index < -0.39 is 10.0 Å². The Labute approximate surface area is 120 Å². The second-order valence-electron chi connectivity index (χ2n) is 5.47. The molecule has 2 heterocycles. The Kier molecular flexibility index (Phi) is 3.70. The highest BCUT2D eigenvalue weighted by atomic mass is 32.2. The average molecular weight is 296 g/mol. The SMILES string of the molecule is COc1cccc(S(=O)(=O)N2CCC3CCC(C2)N3)c1. The highest BCUT2D eigenvalue weighted by molar-refractivity contribution is 7.89. The van der Waals surface area contributed by atoms with Crippen molar-refractivity contribution in [3.63, 3.8) is 0 Å². The number of sulfonamides is 1. The molecule has 2 aliphatic rings. The molecule has 0 amide bonds. The Balaban J connectivity index is 1.87. The van der Waals surface area contributed by atoms with Crippen LogP contribution in [0.15, 0.2) is 29.2 Å². The van der Waals surface area contributed by atoms with Crippen LogP contribution in [-0.2, 0) is 10.0 Å². The fraction of sp³-hybridized carbons (Fsp3) is 0.571. The standard InChI is InChI=1S/C14H20N2O3S/c1-19-13-3-2-4-14(9-13)20(17,18)16-8-7-11-5-6-12(10-16)15-11/h2-4,9,11-12,15H,5-8,10H2,1H3. The summed E-state index contributed by atoms with van der Waals surface area (Å²) in [4.78, 5) is 0.314. The highest BCUT2D eigenvalue weighted by Gasteiger charge is 2.34. The van der Waals surface area contributed by atoms with Gasteiger partial charge in [-0.05, 0) is 31.4 Å². The fourth-order valence-corrected chi connectivity index (χ4v) is 4.58. The van der Waals surface area contributed by atoms with Crippen LogP contribution in [0.1, 0.15) is 19.3 Å². The molecule has 2 unspecified atom stereocenters. The minimum Gasteiger partial charge on any atom is -0.497 e. The molecule has 0 spiro atoms. The third kappa shape index (κ3) is 2.55. The van der Waals surface area contributed by atoms with Crippen molar-refractivity contribution in [1.29, 1.82) is 0 Å². The Bertz CT molecular complexity index is 588. The van der Waals surface area contributed by atoms with Crippen molar-refractivity contribution in [2.45, 2.75) is 36.2 Å². The van der Waals surface area contributed by atoms with Gasteiger partial charge >= 0.3 is 0 Å². The van der Waals surface area contributed by atoms with Crippen LogP contribution in [0.4, 0.5) is 0 Å². The molecule has 1 N–H and O–H groups in total. The zero-order valence-electron chi connectivity index (χ0n) is 11.6. The lowest BCUT2D eigenvalue weighted by atomic mass is 10.1. The molecule has 5 nitrogen and oxygen atoms in total. The van der Waals surface area contributed by atoms with Crippen LogP contribution in [0.25, 0.3) is 0 Å². The van der Waals surface area contributed by atoms with E-state index in [1.54, 1.807) is 35.7 Å². The number of benzene rings is 1. The predicted molar refractivity (Wildman–Crippen MR) is 76.3 cm³/mol. The van der Waals surface area contributed by atoms with Gasteiger partial charge in [0.15, 0.2) is 0 Å². The summed E-state index contributed by atoms with van der Waals surface area (Å²) in [5, 5.41) is 3.50. The molecule has 20 heavy (non-hydrogen) atoms. The predicted octanol–water partition coefficient (Wildman–Crippen LogP) is 1.21. The van der Waals surface area contributed by atoms with E-state index in [1.165, 1.54) is 0 Å². The summed E-state index contributed by atoms with van der Waals surface area (Å²) >= 11 is 0. The van der Waals surface area contributed by atoms with E-state index in [4.69, 9.17) is 4.74 Å². The molecule has 6 heteroatoms. The second kappa shape index (κ2) is 5.35. The number of hydrogen-bond acceptors (Lipinski definition) is 4. The molecule has 2 aliphatic heterocycles. The van der Waals surface area contributed by atoms with E-state index in [-0.39, 0.29) is 0 Å². The Morgan fingerprint density at radius 3 is 2.85 bits per heavy atom. The number of ether oxygens (including phenoxy) is 1. The van der Waals surface area contributed by atoms with E-state index in [0.717, 1.165) is 19.3 Å². The van der Waals surface area contributed by atoms with E-state index in [1.807, 2.05) is 0 Å². The van der Waals surface area contributed by atoms with Crippen LogP contribution in [-0.4, -0.2) is 45.0 Å². The first-order valence-electron chi connectivity index (χ1n) is 7.00. The molecule has 1 aromatic rings. The molecular formula is C14H20N2O3S. The zero-order valence-corrected chi connectivity index (χ0v) is 12.4. The van der Waals surface area contributed by atoms with E-state index in [2.05, 4.69) is 5.32 Å². The van der Waals surface area contributed by atoms with Gasteiger partial charge in [0.1, 0.15) is 5.75 Å². The van der Waals surface area contributed by atoms with Crippen LogP contribution in [0.2, 0.25) is 0 Å². The van der Waals surface area contributed by atoms with E-state index in [9.17, 15) is 8.42 Å². The van der Waals surface area contributed by atoms with E-state index >= 15 is 0 Å². The van der Waals surface area contributed by atoms with Gasteiger partial charge < -0.3 is 10.1 Å². The molecule has 0 saturated carbocycles. The van der Waals surface area contributed by atoms with Crippen molar-refractivity contribution >= 4 is 10.0 Å². The first-order chi connectivity index (χ1) is 9.59. The first kappa shape index (κ1) is 13.9. The van der Waals surface area contributed by atoms with Crippen LogP contribution in [0.3, 0.4) is 0 Å². The fourth-order valence-electron chi connectivity index (χ4n) is 3.04. The molecule has 110 valence electrons. The summed E-state index contributed by atoms with van der Waals surface area (Å²) in [5.41, 5.74) is 0. The summed E-state index contributed by atoms with van der Waals surface area (Å²) in [5.74, 6) is 0.570. The van der Waals surface area contributed by atoms with Crippen molar-refractivity contribution < 1.29 is 13.2 Å². The molecule has 2 fully saturated rings. The lowest BCUT2D eigenvalue weighted by molar-refractivity contribution is 0.382. The Morgan fingerprint density at radius 1 is 1.25 bits per heavy atom. The summed E-state index contributed by atoms with van der Waals surface area (Å²) in [6.45, 7) is 1.16. The lowest BCUT2D eigenvalue weighted by Gasteiger charge is -2.23. The molecule has 2 atom stereocenters. The number of rotatable bonds is 3. The molecule has 0 aromatic heterocycles. The number of nitrogens with one attached hydrogen (secondary N) is 1.